The first-order valence-electron chi connectivity index (χ1n) is 8.11. The van der Waals surface area contributed by atoms with Gasteiger partial charge in [0.1, 0.15) is 5.75 Å². The lowest BCUT2D eigenvalue weighted by Crippen LogP contribution is -2.07. The van der Waals surface area contributed by atoms with E-state index in [2.05, 4.69) is 50.5 Å². The van der Waals surface area contributed by atoms with Crippen molar-refractivity contribution in [2.45, 2.75) is 34.2 Å². The van der Waals surface area contributed by atoms with E-state index in [1.807, 2.05) is 18.3 Å². The summed E-state index contributed by atoms with van der Waals surface area (Å²) >= 11 is 0. The lowest BCUT2D eigenvalue weighted by Gasteiger charge is -2.13. The maximum absolute atomic E-state index is 5.27. The van der Waals surface area contributed by atoms with Gasteiger partial charge in [-0.2, -0.15) is 0 Å². The zero-order chi connectivity index (χ0) is 16.6. The number of fused-ring (bicyclic) bond motifs is 1. The van der Waals surface area contributed by atoms with E-state index in [-0.39, 0.29) is 12.4 Å². The van der Waals surface area contributed by atoms with E-state index < -0.39 is 0 Å². The smallest absolute Gasteiger partial charge is 0.118 e. The van der Waals surface area contributed by atoms with Crippen LogP contribution in [0.1, 0.15) is 25.1 Å². The highest BCUT2D eigenvalue weighted by atomic mass is 35.5. The number of hydrogen-bond donors (Lipinski definition) is 0. The average molecular weight is 345 g/mol. The van der Waals surface area contributed by atoms with E-state index in [0.29, 0.717) is 5.92 Å². The third-order valence-corrected chi connectivity index (χ3v) is 4.46. The molecule has 0 aliphatic rings. The number of nitrogens with zero attached hydrogens (tertiary/aromatic N) is 2. The summed E-state index contributed by atoms with van der Waals surface area (Å²) in [6, 6.07) is 10.3. The molecule has 0 radical (unpaired) electrons. The standard InChI is InChI=1S/C20H24N2O.ClH/c1-13(2)12-22-15(4)14(3)18-10-11-21-19(20(18)22)16-6-8-17(23-5)9-7-16;/h6-11,13H,12H2,1-5H3;1H. The Labute approximate surface area is 150 Å². The molecule has 0 amide bonds. The number of methoxy groups -OCH3 is 1. The predicted molar refractivity (Wildman–Crippen MR) is 103 cm³/mol. The summed E-state index contributed by atoms with van der Waals surface area (Å²) in [5.41, 5.74) is 6.08. The van der Waals surface area contributed by atoms with Crippen LogP contribution in [0.3, 0.4) is 0 Å². The largest absolute Gasteiger partial charge is 0.497 e. The van der Waals surface area contributed by atoms with Gasteiger partial charge in [-0.25, -0.2) is 0 Å². The minimum atomic E-state index is 0. The second kappa shape index (κ2) is 7.27. The maximum atomic E-state index is 5.27. The van der Waals surface area contributed by atoms with Crippen molar-refractivity contribution >= 4 is 23.3 Å². The maximum Gasteiger partial charge on any atom is 0.118 e. The van der Waals surface area contributed by atoms with Crippen molar-refractivity contribution in [3.05, 3.63) is 47.8 Å². The van der Waals surface area contributed by atoms with Crippen molar-refractivity contribution in [2.75, 3.05) is 7.11 Å². The number of rotatable bonds is 4. The summed E-state index contributed by atoms with van der Waals surface area (Å²) in [4.78, 5) is 4.69. The molecule has 3 nitrogen and oxygen atoms in total. The molecule has 1 aromatic carbocycles. The normalized spacial score (nSPS) is 10.9. The van der Waals surface area contributed by atoms with Crippen LogP contribution in [0.25, 0.3) is 22.2 Å². The molecule has 0 unspecified atom stereocenters. The van der Waals surface area contributed by atoms with Crippen molar-refractivity contribution in [1.82, 2.24) is 9.55 Å². The Bertz CT molecular complexity index is 835. The third kappa shape index (κ3) is 3.13. The van der Waals surface area contributed by atoms with E-state index in [1.54, 1.807) is 7.11 Å². The molecule has 24 heavy (non-hydrogen) atoms. The summed E-state index contributed by atoms with van der Waals surface area (Å²) in [5, 5.41) is 1.30. The van der Waals surface area contributed by atoms with Crippen LogP contribution in [0.2, 0.25) is 0 Å². The highest BCUT2D eigenvalue weighted by Crippen LogP contribution is 2.33. The Kier molecular flexibility index (Phi) is 5.55. The summed E-state index contributed by atoms with van der Waals surface area (Å²) in [5.74, 6) is 1.46. The monoisotopic (exact) mass is 344 g/mol. The van der Waals surface area contributed by atoms with Crippen LogP contribution in [0.15, 0.2) is 36.5 Å². The van der Waals surface area contributed by atoms with Gasteiger partial charge in [0.05, 0.1) is 18.3 Å². The number of benzene rings is 1. The Morgan fingerprint density at radius 1 is 1.08 bits per heavy atom. The zero-order valence-electron chi connectivity index (χ0n) is 15.0. The summed E-state index contributed by atoms with van der Waals surface area (Å²) in [7, 11) is 1.69. The molecule has 0 fully saturated rings. The van der Waals surface area contributed by atoms with Gasteiger partial charge in [-0.3, -0.25) is 4.98 Å². The van der Waals surface area contributed by atoms with Gasteiger partial charge in [-0.1, -0.05) is 13.8 Å². The predicted octanol–water partition coefficient (Wildman–Crippen LogP) is 5.41. The molecule has 0 N–H and O–H groups in total. The van der Waals surface area contributed by atoms with Gasteiger partial charge in [0, 0.05) is 29.4 Å². The van der Waals surface area contributed by atoms with Crippen LogP contribution in [-0.2, 0) is 6.54 Å². The summed E-state index contributed by atoms with van der Waals surface area (Å²) in [6.45, 7) is 9.92. The molecular weight excluding hydrogens is 320 g/mol. The molecule has 3 aromatic rings. The van der Waals surface area contributed by atoms with E-state index >= 15 is 0 Å². The van der Waals surface area contributed by atoms with Crippen molar-refractivity contribution in [2.24, 2.45) is 5.92 Å². The fourth-order valence-corrected chi connectivity index (χ4v) is 3.15. The van der Waals surface area contributed by atoms with Crippen LogP contribution in [-0.4, -0.2) is 16.7 Å². The first-order valence-corrected chi connectivity index (χ1v) is 8.11. The van der Waals surface area contributed by atoms with E-state index in [9.17, 15) is 0 Å². The number of halogens is 1. The van der Waals surface area contributed by atoms with Crippen molar-refractivity contribution in [3.63, 3.8) is 0 Å². The fourth-order valence-electron chi connectivity index (χ4n) is 3.15. The van der Waals surface area contributed by atoms with Crippen molar-refractivity contribution < 1.29 is 4.74 Å². The lowest BCUT2D eigenvalue weighted by molar-refractivity contribution is 0.415. The van der Waals surface area contributed by atoms with Crippen LogP contribution >= 0.6 is 12.4 Å². The van der Waals surface area contributed by atoms with Crippen LogP contribution in [0.4, 0.5) is 0 Å². The van der Waals surface area contributed by atoms with Gasteiger partial charge in [0.2, 0.25) is 0 Å². The molecule has 0 bridgehead atoms. The van der Waals surface area contributed by atoms with Crippen LogP contribution < -0.4 is 4.74 Å². The molecule has 2 heterocycles. The summed E-state index contributed by atoms with van der Waals surface area (Å²) < 4.78 is 7.69. The topological polar surface area (TPSA) is 27.1 Å². The Morgan fingerprint density at radius 2 is 1.75 bits per heavy atom. The molecule has 3 rings (SSSR count). The highest BCUT2D eigenvalue weighted by molar-refractivity contribution is 5.95. The van der Waals surface area contributed by atoms with E-state index in [1.165, 1.54) is 22.2 Å². The van der Waals surface area contributed by atoms with E-state index in [0.717, 1.165) is 23.6 Å². The van der Waals surface area contributed by atoms with Gasteiger partial charge in [-0.15, -0.1) is 12.4 Å². The second-order valence-electron chi connectivity index (χ2n) is 6.50. The molecule has 0 aliphatic carbocycles. The average Bonchev–Trinajstić information content (AvgIpc) is 2.80. The Hall–Kier alpha value is -2.00. The van der Waals surface area contributed by atoms with Gasteiger partial charge in [0.25, 0.3) is 0 Å². The van der Waals surface area contributed by atoms with Gasteiger partial charge < -0.3 is 9.30 Å². The van der Waals surface area contributed by atoms with Gasteiger partial charge in [0.15, 0.2) is 0 Å². The quantitative estimate of drug-likeness (QED) is 0.633. The molecule has 0 atom stereocenters. The molecule has 0 saturated heterocycles. The minimum Gasteiger partial charge on any atom is -0.497 e. The lowest BCUT2D eigenvalue weighted by atomic mass is 10.1. The zero-order valence-corrected chi connectivity index (χ0v) is 15.8. The number of aryl methyl sites for hydroxylation is 1. The molecule has 0 saturated carbocycles. The first kappa shape index (κ1) is 18.3. The SMILES string of the molecule is COc1ccc(-c2nccc3c(C)c(C)n(CC(C)C)c23)cc1.Cl. The third-order valence-electron chi connectivity index (χ3n) is 4.46. The Morgan fingerprint density at radius 3 is 2.33 bits per heavy atom. The molecule has 4 heteroatoms. The molecule has 0 spiro atoms. The molecule has 2 aromatic heterocycles. The van der Waals surface area contributed by atoms with E-state index in [4.69, 9.17) is 9.72 Å². The summed E-state index contributed by atoms with van der Waals surface area (Å²) in [6.07, 6.45) is 1.91. The number of pyridine rings is 1. The molecular formula is C20H25ClN2O. The number of aromatic nitrogens is 2. The van der Waals surface area contributed by atoms with Crippen molar-refractivity contribution in [3.8, 4) is 17.0 Å². The van der Waals surface area contributed by atoms with Crippen molar-refractivity contribution in [1.29, 1.82) is 0 Å². The van der Waals surface area contributed by atoms with Gasteiger partial charge >= 0.3 is 0 Å². The van der Waals surface area contributed by atoms with Crippen LogP contribution in [0, 0.1) is 19.8 Å². The molecule has 128 valence electrons. The molecule has 0 aliphatic heterocycles. The van der Waals surface area contributed by atoms with Crippen LogP contribution in [0.5, 0.6) is 5.75 Å². The highest BCUT2D eigenvalue weighted by Gasteiger charge is 2.16. The fraction of sp³-hybridized carbons (Fsp3) is 0.350. The first-order chi connectivity index (χ1) is 11.0. The number of ether oxygens (including phenoxy) is 1. The number of hydrogen-bond acceptors (Lipinski definition) is 2. The Balaban J connectivity index is 0.00000208. The van der Waals surface area contributed by atoms with Gasteiger partial charge in [-0.05, 0) is 55.7 Å². The second-order valence-corrected chi connectivity index (χ2v) is 6.50. The minimum absolute atomic E-state index is 0.